The largest absolute Gasteiger partial charge is 0.381 e. The number of aromatic nitrogens is 3. The van der Waals surface area contributed by atoms with Crippen LogP contribution >= 0.6 is 0 Å². The minimum Gasteiger partial charge on any atom is -0.381 e. The first-order valence-electron chi connectivity index (χ1n) is 7.37. The van der Waals surface area contributed by atoms with E-state index < -0.39 is 0 Å². The molecule has 0 aliphatic heterocycles. The van der Waals surface area contributed by atoms with Crippen molar-refractivity contribution in [3.05, 3.63) is 18.0 Å². The number of aryl methyl sites for hydroxylation is 2. The van der Waals surface area contributed by atoms with Gasteiger partial charge in [-0.2, -0.15) is 5.10 Å². The molecule has 2 heterocycles. The van der Waals surface area contributed by atoms with Gasteiger partial charge in [-0.1, -0.05) is 19.3 Å². The Balaban J connectivity index is 1.96. The number of fused-ring (bicyclic) bond motifs is 1. The summed E-state index contributed by atoms with van der Waals surface area (Å²) in [6.45, 7) is 5.09. The second-order valence-electron chi connectivity index (χ2n) is 5.49. The van der Waals surface area contributed by atoms with Crippen LogP contribution in [0.2, 0.25) is 0 Å². The lowest BCUT2D eigenvalue weighted by Crippen LogP contribution is -2.22. The molecule has 1 aliphatic rings. The van der Waals surface area contributed by atoms with Crippen molar-refractivity contribution in [2.75, 3.05) is 5.32 Å². The molecule has 1 fully saturated rings. The van der Waals surface area contributed by atoms with Gasteiger partial charge in [0.2, 0.25) is 0 Å². The Labute approximate surface area is 114 Å². The van der Waals surface area contributed by atoms with E-state index in [1.54, 1.807) is 0 Å². The van der Waals surface area contributed by atoms with Crippen LogP contribution in [0.1, 0.15) is 44.6 Å². The van der Waals surface area contributed by atoms with E-state index in [9.17, 15) is 0 Å². The van der Waals surface area contributed by atoms with E-state index in [4.69, 9.17) is 0 Å². The molecule has 1 N–H and O–H groups in total. The Hall–Kier alpha value is -1.58. The minimum absolute atomic E-state index is 0.614. The fourth-order valence-corrected chi connectivity index (χ4v) is 3.00. The lowest BCUT2D eigenvalue weighted by Gasteiger charge is -2.25. The first-order valence-corrected chi connectivity index (χ1v) is 7.37. The third-order valence-electron chi connectivity index (χ3n) is 4.11. The van der Waals surface area contributed by atoms with Gasteiger partial charge in [0.15, 0.2) is 5.65 Å². The molecule has 0 unspecified atom stereocenters. The van der Waals surface area contributed by atoms with Gasteiger partial charge in [-0.3, -0.25) is 0 Å². The van der Waals surface area contributed by atoms with E-state index in [-0.39, 0.29) is 0 Å². The maximum Gasteiger partial charge on any atom is 0.159 e. The van der Waals surface area contributed by atoms with Crippen LogP contribution in [0, 0.1) is 6.92 Å². The van der Waals surface area contributed by atoms with Gasteiger partial charge < -0.3 is 5.32 Å². The monoisotopic (exact) mass is 258 g/mol. The van der Waals surface area contributed by atoms with Crippen LogP contribution in [-0.4, -0.2) is 20.8 Å². The predicted octanol–water partition coefficient (Wildman–Crippen LogP) is 3.50. The van der Waals surface area contributed by atoms with Crippen molar-refractivity contribution in [2.45, 2.75) is 58.5 Å². The highest BCUT2D eigenvalue weighted by atomic mass is 15.3. The van der Waals surface area contributed by atoms with Gasteiger partial charge in [0, 0.05) is 18.8 Å². The van der Waals surface area contributed by atoms with E-state index in [0.717, 1.165) is 17.6 Å². The lowest BCUT2D eigenvalue weighted by molar-refractivity contribution is 0.463. The van der Waals surface area contributed by atoms with Crippen molar-refractivity contribution in [3.63, 3.8) is 0 Å². The van der Waals surface area contributed by atoms with Crippen LogP contribution in [0.25, 0.3) is 11.0 Å². The van der Waals surface area contributed by atoms with Gasteiger partial charge >= 0.3 is 0 Å². The molecule has 2 aromatic rings. The first kappa shape index (κ1) is 12.5. The summed E-state index contributed by atoms with van der Waals surface area (Å²) in [5, 5.41) is 9.32. The summed E-state index contributed by atoms with van der Waals surface area (Å²) in [5.41, 5.74) is 3.44. The van der Waals surface area contributed by atoms with Gasteiger partial charge in [-0.05, 0) is 32.3 Å². The standard InChI is InChI=1S/C15H22N4/c1-3-19-15-13(10-17-19)14(11(2)9-16-15)18-12-7-5-4-6-8-12/h9-10,12H,3-8H2,1-2H3,(H,16,18). The quantitative estimate of drug-likeness (QED) is 0.916. The highest BCUT2D eigenvalue weighted by Crippen LogP contribution is 2.29. The van der Waals surface area contributed by atoms with Crippen LogP contribution in [0.15, 0.2) is 12.4 Å². The maximum atomic E-state index is 4.53. The Morgan fingerprint density at radius 2 is 2.05 bits per heavy atom. The SMILES string of the molecule is CCn1ncc2c(NC3CCCCC3)c(C)cnc21. The second-order valence-corrected chi connectivity index (χ2v) is 5.49. The Morgan fingerprint density at radius 1 is 1.26 bits per heavy atom. The Morgan fingerprint density at radius 3 is 2.79 bits per heavy atom. The summed E-state index contributed by atoms with van der Waals surface area (Å²) >= 11 is 0. The Kier molecular flexibility index (Phi) is 3.40. The molecule has 0 radical (unpaired) electrons. The highest BCUT2D eigenvalue weighted by Gasteiger charge is 2.17. The van der Waals surface area contributed by atoms with E-state index in [0.29, 0.717) is 6.04 Å². The zero-order valence-electron chi connectivity index (χ0n) is 11.8. The summed E-state index contributed by atoms with van der Waals surface area (Å²) < 4.78 is 1.96. The molecule has 0 saturated heterocycles. The maximum absolute atomic E-state index is 4.53. The van der Waals surface area contributed by atoms with Crippen molar-refractivity contribution < 1.29 is 0 Å². The second kappa shape index (κ2) is 5.19. The molecule has 0 bridgehead atoms. The van der Waals surface area contributed by atoms with Crippen molar-refractivity contribution in [1.82, 2.24) is 14.8 Å². The minimum atomic E-state index is 0.614. The first-order chi connectivity index (χ1) is 9.29. The molecule has 3 rings (SSSR count). The zero-order valence-corrected chi connectivity index (χ0v) is 11.8. The number of anilines is 1. The molecule has 19 heavy (non-hydrogen) atoms. The molecule has 102 valence electrons. The Bertz CT molecular complexity index is 567. The number of nitrogens with zero attached hydrogens (tertiary/aromatic N) is 3. The highest BCUT2D eigenvalue weighted by molar-refractivity contribution is 5.90. The molecule has 4 heteroatoms. The van der Waals surface area contributed by atoms with Crippen LogP contribution in [-0.2, 0) is 6.54 Å². The van der Waals surface area contributed by atoms with Crippen LogP contribution in [0.4, 0.5) is 5.69 Å². The third kappa shape index (κ3) is 2.31. The fraction of sp³-hybridized carbons (Fsp3) is 0.600. The lowest BCUT2D eigenvalue weighted by atomic mass is 9.95. The van der Waals surface area contributed by atoms with Crippen LogP contribution in [0.5, 0.6) is 0 Å². The summed E-state index contributed by atoms with van der Waals surface area (Å²) in [5.74, 6) is 0. The fourth-order valence-electron chi connectivity index (χ4n) is 3.00. The van der Waals surface area contributed by atoms with Crippen LogP contribution < -0.4 is 5.32 Å². The van der Waals surface area contributed by atoms with Crippen molar-refractivity contribution in [2.24, 2.45) is 0 Å². The molecular formula is C15H22N4. The zero-order chi connectivity index (χ0) is 13.2. The van der Waals surface area contributed by atoms with Crippen molar-refractivity contribution in [1.29, 1.82) is 0 Å². The number of nitrogens with one attached hydrogen (secondary N) is 1. The molecule has 2 aromatic heterocycles. The van der Waals surface area contributed by atoms with Gasteiger partial charge in [0.1, 0.15) is 0 Å². The van der Waals surface area contributed by atoms with Gasteiger partial charge in [-0.25, -0.2) is 9.67 Å². The third-order valence-corrected chi connectivity index (χ3v) is 4.11. The summed E-state index contributed by atoms with van der Waals surface area (Å²) in [7, 11) is 0. The van der Waals surface area contributed by atoms with E-state index in [1.165, 1.54) is 43.4 Å². The molecule has 0 atom stereocenters. The topological polar surface area (TPSA) is 42.7 Å². The molecule has 1 saturated carbocycles. The van der Waals surface area contributed by atoms with E-state index >= 15 is 0 Å². The molecule has 0 aromatic carbocycles. The number of rotatable bonds is 3. The van der Waals surface area contributed by atoms with Gasteiger partial charge in [-0.15, -0.1) is 0 Å². The van der Waals surface area contributed by atoms with Gasteiger partial charge in [0.25, 0.3) is 0 Å². The molecular weight excluding hydrogens is 236 g/mol. The average molecular weight is 258 g/mol. The van der Waals surface area contributed by atoms with E-state index in [1.807, 2.05) is 17.1 Å². The molecule has 1 aliphatic carbocycles. The van der Waals surface area contributed by atoms with Gasteiger partial charge in [0.05, 0.1) is 17.3 Å². The smallest absolute Gasteiger partial charge is 0.159 e. The summed E-state index contributed by atoms with van der Waals surface area (Å²) in [6, 6.07) is 0.614. The number of hydrogen-bond donors (Lipinski definition) is 1. The van der Waals surface area contributed by atoms with Crippen LogP contribution in [0.3, 0.4) is 0 Å². The molecule has 4 nitrogen and oxygen atoms in total. The summed E-state index contributed by atoms with van der Waals surface area (Å²) in [6.07, 6.45) is 10.6. The molecule has 0 spiro atoms. The molecule has 0 amide bonds. The number of hydrogen-bond acceptors (Lipinski definition) is 3. The average Bonchev–Trinajstić information content (AvgIpc) is 2.86. The number of pyridine rings is 1. The predicted molar refractivity (Wildman–Crippen MR) is 78.4 cm³/mol. The normalized spacial score (nSPS) is 16.9. The van der Waals surface area contributed by atoms with Crippen molar-refractivity contribution >= 4 is 16.7 Å². The van der Waals surface area contributed by atoms with E-state index in [2.05, 4.69) is 29.2 Å². The summed E-state index contributed by atoms with van der Waals surface area (Å²) in [4.78, 5) is 4.53. The van der Waals surface area contributed by atoms with Crippen molar-refractivity contribution in [3.8, 4) is 0 Å².